The van der Waals surface area contributed by atoms with Gasteiger partial charge in [-0.15, -0.1) is 0 Å². The first-order valence-corrected chi connectivity index (χ1v) is 8.16. The highest BCUT2D eigenvalue weighted by Gasteiger charge is 2.00. The smallest absolute Gasteiger partial charge is 0.119 e. The lowest BCUT2D eigenvalue weighted by atomic mass is 10.1. The molecule has 0 aliphatic heterocycles. The third kappa shape index (κ3) is 4.57. The number of benzene rings is 3. The van der Waals surface area contributed by atoms with E-state index in [9.17, 15) is 0 Å². The second kappa shape index (κ2) is 8.35. The van der Waals surface area contributed by atoms with Crippen LogP contribution in [-0.4, -0.2) is 13.2 Å². The summed E-state index contributed by atoms with van der Waals surface area (Å²) in [4.78, 5) is 0. The topological polar surface area (TPSA) is 18.5 Å². The highest BCUT2D eigenvalue weighted by atomic mass is 16.5. The minimum atomic E-state index is 0.668. The average Bonchev–Trinajstić information content (AvgIpc) is 2.62. The molecule has 0 fully saturated rings. The van der Waals surface area contributed by atoms with Gasteiger partial charge >= 0.3 is 0 Å². The molecule has 0 heterocycles. The molecule has 0 amide bonds. The second-order valence-electron chi connectivity index (χ2n) is 5.56. The van der Waals surface area contributed by atoms with Crippen LogP contribution in [0, 0.1) is 0 Å². The van der Waals surface area contributed by atoms with Crippen molar-refractivity contribution < 1.29 is 9.47 Å². The Morgan fingerprint density at radius 3 is 2.30 bits per heavy atom. The molecule has 3 rings (SSSR count). The Morgan fingerprint density at radius 2 is 1.39 bits per heavy atom. The first kappa shape index (κ1) is 15.6. The lowest BCUT2D eigenvalue weighted by Crippen LogP contribution is -2.01. The fourth-order valence-corrected chi connectivity index (χ4v) is 2.61. The van der Waals surface area contributed by atoms with Crippen molar-refractivity contribution in [3.8, 4) is 5.75 Å². The van der Waals surface area contributed by atoms with Gasteiger partial charge in [-0.2, -0.15) is 0 Å². The molecule has 0 aliphatic carbocycles. The molecule has 2 heteroatoms. The lowest BCUT2D eigenvalue weighted by molar-refractivity contribution is 0.114. The van der Waals surface area contributed by atoms with Crippen LogP contribution in [-0.2, 0) is 11.3 Å². The summed E-state index contributed by atoms with van der Waals surface area (Å²) in [7, 11) is 0. The van der Waals surface area contributed by atoms with Crippen LogP contribution in [0.2, 0.25) is 0 Å². The lowest BCUT2D eigenvalue weighted by Gasteiger charge is -2.08. The van der Waals surface area contributed by atoms with Gasteiger partial charge in [0.25, 0.3) is 0 Å². The van der Waals surface area contributed by atoms with E-state index in [1.807, 2.05) is 30.3 Å². The van der Waals surface area contributed by atoms with Gasteiger partial charge < -0.3 is 9.47 Å². The van der Waals surface area contributed by atoms with E-state index in [1.54, 1.807) is 0 Å². The molecule has 0 N–H and O–H groups in total. The van der Waals surface area contributed by atoms with E-state index >= 15 is 0 Å². The third-order valence-electron chi connectivity index (χ3n) is 3.83. The fourth-order valence-electron chi connectivity index (χ4n) is 2.61. The van der Waals surface area contributed by atoms with Crippen LogP contribution >= 0.6 is 0 Å². The molecule has 23 heavy (non-hydrogen) atoms. The van der Waals surface area contributed by atoms with Crippen molar-refractivity contribution in [1.29, 1.82) is 0 Å². The molecule has 118 valence electrons. The van der Waals surface area contributed by atoms with E-state index in [4.69, 9.17) is 9.47 Å². The van der Waals surface area contributed by atoms with Gasteiger partial charge in [0, 0.05) is 6.61 Å². The number of rotatable bonds is 8. The Morgan fingerprint density at radius 1 is 0.652 bits per heavy atom. The van der Waals surface area contributed by atoms with Gasteiger partial charge in [-0.3, -0.25) is 0 Å². The predicted molar refractivity (Wildman–Crippen MR) is 94.8 cm³/mol. The molecule has 0 spiro atoms. The molecule has 0 aromatic heterocycles. The fraction of sp³-hybridized carbons (Fsp3) is 0.238. The Balaban J connectivity index is 1.37. The van der Waals surface area contributed by atoms with E-state index < -0.39 is 0 Å². The minimum absolute atomic E-state index is 0.668. The maximum Gasteiger partial charge on any atom is 0.119 e. The summed E-state index contributed by atoms with van der Waals surface area (Å²) < 4.78 is 11.5. The van der Waals surface area contributed by atoms with Gasteiger partial charge in [0.1, 0.15) is 5.75 Å². The van der Waals surface area contributed by atoms with E-state index in [0.29, 0.717) is 6.61 Å². The summed E-state index contributed by atoms with van der Waals surface area (Å²) in [6.07, 6.45) is 2.02. The van der Waals surface area contributed by atoms with Gasteiger partial charge in [0.2, 0.25) is 0 Å². The van der Waals surface area contributed by atoms with E-state index in [1.165, 1.54) is 16.3 Å². The van der Waals surface area contributed by atoms with E-state index in [2.05, 4.69) is 42.5 Å². The summed E-state index contributed by atoms with van der Waals surface area (Å²) in [5.41, 5.74) is 1.25. The molecule has 0 aliphatic rings. The van der Waals surface area contributed by atoms with Crippen LogP contribution in [0.25, 0.3) is 10.8 Å². The molecule has 0 unspecified atom stereocenters. The Labute approximate surface area is 137 Å². The van der Waals surface area contributed by atoms with Crippen molar-refractivity contribution in [3.05, 3.63) is 78.4 Å². The number of ether oxygens (including phenoxy) is 2. The largest absolute Gasteiger partial charge is 0.494 e. The third-order valence-corrected chi connectivity index (χ3v) is 3.83. The number of unbranched alkanes of at least 4 members (excludes halogenated alkanes) is 1. The summed E-state index contributed by atoms with van der Waals surface area (Å²) >= 11 is 0. The average molecular weight is 306 g/mol. The van der Waals surface area contributed by atoms with Crippen LogP contribution in [0.5, 0.6) is 5.75 Å². The first-order valence-electron chi connectivity index (χ1n) is 8.16. The summed E-state index contributed by atoms with van der Waals surface area (Å²) in [5, 5.41) is 2.55. The van der Waals surface area contributed by atoms with Crippen molar-refractivity contribution in [3.63, 3.8) is 0 Å². The van der Waals surface area contributed by atoms with Crippen molar-refractivity contribution in [2.45, 2.75) is 19.4 Å². The van der Waals surface area contributed by atoms with Crippen molar-refractivity contribution in [2.24, 2.45) is 0 Å². The SMILES string of the molecule is c1ccc(OCCCCOCc2cccc3ccccc23)cc1. The number of hydrogen-bond acceptors (Lipinski definition) is 2. The van der Waals surface area contributed by atoms with Crippen molar-refractivity contribution >= 4 is 10.8 Å². The molecule has 0 saturated carbocycles. The van der Waals surface area contributed by atoms with Gasteiger partial charge in [0.05, 0.1) is 13.2 Å². The zero-order chi connectivity index (χ0) is 15.7. The minimum Gasteiger partial charge on any atom is -0.494 e. The monoisotopic (exact) mass is 306 g/mol. The van der Waals surface area contributed by atoms with Crippen LogP contribution < -0.4 is 4.74 Å². The number of para-hydroxylation sites is 1. The van der Waals surface area contributed by atoms with Crippen LogP contribution in [0.3, 0.4) is 0 Å². The second-order valence-corrected chi connectivity index (χ2v) is 5.56. The molecule has 2 nitrogen and oxygen atoms in total. The zero-order valence-corrected chi connectivity index (χ0v) is 13.3. The summed E-state index contributed by atoms with van der Waals surface area (Å²) in [6.45, 7) is 2.17. The molecule has 0 radical (unpaired) electrons. The Hall–Kier alpha value is -2.32. The van der Waals surface area contributed by atoms with Crippen LogP contribution in [0.1, 0.15) is 18.4 Å². The van der Waals surface area contributed by atoms with Crippen LogP contribution in [0.4, 0.5) is 0 Å². The maximum atomic E-state index is 5.82. The molecule has 3 aromatic rings. The van der Waals surface area contributed by atoms with Gasteiger partial charge in [-0.05, 0) is 41.3 Å². The molecule has 0 bridgehead atoms. The van der Waals surface area contributed by atoms with Gasteiger partial charge in [0.15, 0.2) is 0 Å². The standard InChI is InChI=1S/C21H22O2/c1-2-12-20(13-3-1)23-16-7-6-15-22-17-19-11-8-10-18-9-4-5-14-21(18)19/h1-5,8-14H,6-7,15-17H2. The quantitative estimate of drug-likeness (QED) is 0.531. The predicted octanol–water partition coefficient (Wildman–Crippen LogP) is 5.22. The normalized spacial score (nSPS) is 10.8. The Bertz CT molecular complexity index is 717. The maximum absolute atomic E-state index is 5.82. The van der Waals surface area contributed by atoms with E-state index in [-0.39, 0.29) is 0 Å². The van der Waals surface area contributed by atoms with Crippen molar-refractivity contribution in [2.75, 3.05) is 13.2 Å². The molecule has 0 saturated heterocycles. The Kier molecular flexibility index (Phi) is 5.65. The highest BCUT2D eigenvalue weighted by Crippen LogP contribution is 2.19. The zero-order valence-electron chi connectivity index (χ0n) is 13.3. The van der Waals surface area contributed by atoms with Crippen molar-refractivity contribution in [1.82, 2.24) is 0 Å². The van der Waals surface area contributed by atoms with Gasteiger partial charge in [-0.25, -0.2) is 0 Å². The number of hydrogen-bond donors (Lipinski definition) is 0. The molecular weight excluding hydrogens is 284 g/mol. The van der Waals surface area contributed by atoms with E-state index in [0.717, 1.165) is 31.8 Å². The summed E-state index contributed by atoms with van der Waals surface area (Å²) in [5.74, 6) is 0.934. The first-order chi connectivity index (χ1) is 11.4. The van der Waals surface area contributed by atoms with Crippen LogP contribution in [0.15, 0.2) is 72.8 Å². The molecule has 3 aromatic carbocycles. The molecular formula is C21H22O2. The van der Waals surface area contributed by atoms with Gasteiger partial charge in [-0.1, -0.05) is 60.7 Å². The number of fused-ring (bicyclic) bond motifs is 1. The summed E-state index contributed by atoms with van der Waals surface area (Å²) in [6, 6.07) is 24.7. The highest BCUT2D eigenvalue weighted by molar-refractivity contribution is 5.85. The molecule has 0 atom stereocenters.